The molecule has 0 fully saturated rings. The molecule has 1 aromatic carbocycles. The molecule has 0 spiro atoms. The number of aryl methyl sites for hydroxylation is 1. The lowest BCUT2D eigenvalue weighted by Crippen LogP contribution is -2.04. The molecule has 0 unspecified atom stereocenters. The smallest absolute Gasteiger partial charge is 0.330 e. The third kappa shape index (κ3) is 2.61. The Morgan fingerprint density at radius 3 is 2.65 bits per heavy atom. The number of nitrogens with two attached hydrogens (primary N) is 1. The van der Waals surface area contributed by atoms with E-state index >= 15 is 0 Å². The molecule has 92 valence electrons. The van der Waals surface area contributed by atoms with Crippen molar-refractivity contribution in [1.82, 2.24) is 0 Å². The van der Waals surface area contributed by atoms with Crippen molar-refractivity contribution in [1.29, 1.82) is 0 Å². The van der Waals surface area contributed by atoms with Crippen LogP contribution in [0.3, 0.4) is 0 Å². The van der Waals surface area contributed by atoms with E-state index in [0.717, 1.165) is 23.8 Å². The number of hydrogen-bond acceptors (Lipinski definition) is 2. The van der Waals surface area contributed by atoms with E-state index in [4.69, 9.17) is 5.73 Å². The van der Waals surface area contributed by atoms with Crippen LogP contribution in [0.1, 0.15) is 16.9 Å². The lowest BCUT2D eigenvalue weighted by Gasteiger charge is -2.06. The van der Waals surface area contributed by atoms with Crippen LogP contribution in [0.5, 0.6) is 0 Å². The van der Waals surface area contributed by atoms with Gasteiger partial charge >= 0.3 is 6.18 Å². The third-order valence-electron chi connectivity index (χ3n) is 2.55. The standard InChI is InChI=1S/C12H12F3NS/c13-12(14,15)10-4-1-5-11-9(10)7-8(17-11)3-2-6-16/h1,4-5,7H,2-3,6,16H2. The summed E-state index contributed by atoms with van der Waals surface area (Å²) in [5.41, 5.74) is 4.84. The molecule has 1 aromatic heterocycles. The van der Waals surface area contributed by atoms with Crippen LogP contribution in [0.15, 0.2) is 24.3 Å². The van der Waals surface area contributed by atoms with Gasteiger partial charge in [0.1, 0.15) is 0 Å². The summed E-state index contributed by atoms with van der Waals surface area (Å²) in [6.45, 7) is 0.556. The number of alkyl halides is 3. The van der Waals surface area contributed by atoms with Crippen LogP contribution in [0.2, 0.25) is 0 Å². The maximum Gasteiger partial charge on any atom is 0.417 e. The first kappa shape index (κ1) is 12.4. The summed E-state index contributed by atoms with van der Waals surface area (Å²) < 4.78 is 39.0. The van der Waals surface area contributed by atoms with E-state index in [1.165, 1.54) is 17.4 Å². The lowest BCUT2D eigenvalue weighted by molar-refractivity contribution is -0.136. The van der Waals surface area contributed by atoms with E-state index in [0.29, 0.717) is 16.6 Å². The second kappa shape index (κ2) is 4.66. The fraction of sp³-hybridized carbons (Fsp3) is 0.333. The lowest BCUT2D eigenvalue weighted by atomic mass is 10.1. The number of halogens is 3. The number of rotatable bonds is 3. The molecule has 17 heavy (non-hydrogen) atoms. The van der Waals surface area contributed by atoms with Crippen LogP contribution in [-0.4, -0.2) is 6.54 Å². The van der Waals surface area contributed by atoms with Gasteiger partial charge in [0, 0.05) is 15.0 Å². The fourth-order valence-corrected chi connectivity index (χ4v) is 2.89. The molecular weight excluding hydrogens is 247 g/mol. The van der Waals surface area contributed by atoms with Gasteiger partial charge in [-0.1, -0.05) is 6.07 Å². The Hall–Kier alpha value is -1.07. The zero-order valence-corrected chi connectivity index (χ0v) is 9.87. The van der Waals surface area contributed by atoms with Crippen LogP contribution in [0.25, 0.3) is 10.1 Å². The SMILES string of the molecule is NCCCc1cc2c(C(F)(F)F)cccc2s1. The van der Waals surface area contributed by atoms with Crippen molar-refractivity contribution in [3.8, 4) is 0 Å². The van der Waals surface area contributed by atoms with Crippen LogP contribution in [-0.2, 0) is 12.6 Å². The molecule has 0 atom stereocenters. The predicted molar refractivity (Wildman–Crippen MR) is 64.2 cm³/mol. The Morgan fingerprint density at radius 2 is 2.00 bits per heavy atom. The van der Waals surface area contributed by atoms with Gasteiger partial charge in [-0.15, -0.1) is 11.3 Å². The van der Waals surface area contributed by atoms with E-state index in [-0.39, 0.29) is 0 Å². The molecule has 0 radical (unpaired) electrons. The highest BCUT2D eigenvalue weighted by Crippen LogP contribution is 2.38. The Balaban J connectivity index is 2.46. The molecule has 0 aliphatic heterocycles. The fourth-order valence-electron chi connectivity index (χ4n) is 1.76. The monoisotopic (exact) mass is 259 g/mol. The summed E-state index contributed by atoms with van der Waals surface area (Å²) in [5, 5.41) is 0.303. The molecule has 0 aliphatic carbocycles. The molecule has 2 N–H and O–H groups in total. The molecular formula is C12H12F3NS. The van der Waals surface area contributed by atoms with Gasteiger partial charge in [-0.2, -0.15) is 13.2 Å². The topological polar surface area (TPSA) is 26.0 Å². The van der Waals surface area contributed by atoms with E-state index in [1.807, 2.05) is 0 Å². The molecule has 2 rings (SSSR count). The van der Waals surface area contributed by atoms with Crippen molar-refractivity contribution < 1.29 is 13.2 Å². The maximum atomic E-state index is 12.8. The predicted octanol–water partition coefficient (Wildman–Crippen LogP) is 3.81. The van der Waals surface area contributed by atoms with E-state index in [2.05, 4.69) is 0 Å². The summed E-state index contributed by atoms with van der Waals surface area (Å²) in [6, 6.07) is 5.94. The molecule has 0 aliphatic rings. The van der Waals surface area contributed by atoms with Crippen molar-refractivity contribution in [2.45, 2.75) is 19.0 Å². The van der Waals surface area contributed by atoms with Gasteiger partial charge in [0.05, 0.1) is 5.56 Å². The van der Waals surface area contributed by atoms with Crippen molar-refractivity contribution in [3.05, 3.63) is 34.7 Å². The van der Waals surface area contributed by atoms with Gasteiger partial charge in [0.15, 0.2) is 0 Å². The molecule has 0 amide bonds. The average Bonchev–Trinajstić information content (AvgIpc) is 2.66. The number of hydrogen-bond donors (Lipinski definition) is 1. The number of fused-ring (bicyclic) bond motifs is 1. The first-order valence-electron chi connectivity index (χ1n) is 5.31. The van der Waals surface area contributed by atoms with Gasteiger partial charge in [-0.25, -0.2) is 0 Å². The first-order chi connectivity index (χ1) is 8.02. The zero-order valence-electron chi connectivity index (χ0n) is 9.05. The molecule has 0 saturated heterocycles. The normalized spacial score (nSPS) is 12.2. The summed E-state index contributed by atoms with van der Waals surface area (Å²) in [4.78, 5) is 0.960. The van der Waals surface area contributed by atoms with Crippen LogP contribution in [0, 0.1) is 0 Å². The third-order valence-corrected chi connectivity index (χ3v) is 3.71. The van der Waals surface area contributed by atoms with Crippen molar-refractivity contribution in [2.75, 3.05) is 6.54 Å². The molecule has 5 heteroatoms. The van der Waals surface area contributed by atoms with E-state index < -0.39 is 11.7 Å². The zero-order chi connectivity index (χ0) is 12.5. The summed E-state index contributed by atoms with van der Waals surface area (Å²) in [5.74, 6) is 0. The molecule has 1 heterocycles. The average molecular weight is 259 g/mol. The van der Waals surface area contributed by atoms with Crippen molar-refractivity contribution in [2.24, 2.45) is 5.73 Å². The summed E-state index contributed by atoms with van der Waals surface area (Å²) in [7, 11) is 0. The largest absolute Gasteiger partial charge is 0.417 e. The highest BCUT2D eigenvalue weighted by molar-refractivity contribution is 7.19. The van der Waals surface area contributed by atoms with Gasteiger partial charge in [-0.3, -0.25) is 0 Å². The second-order valence-corrected chi connectivity index (χ2v) is 4.99. The Bertz CT molecular complexity index is 516. The second-order valence-electron chi connectivity index (χ2n) is 3.82. The number of thiophene rings is 1. The highest BCUT2D eigenvalue weighted by Gasteiger charge is 2.32. The summed E-state index contributed by atoms with van der Waals surface area (Å²) >= 11 is 1.41. The summed E-state index contributed by atoms with van der Waals surface area (Å²) in [6.07, 6.45) is -2.74. The molecule has 0 saturated carbocycles. The van der Waals surface area contributed by atoms with Crippen LogP contribution in [0.4, 0.5) is 13.2 Å². The Kier molecular flexibility index (Phi) is 3.40. The molecule has 1 nitrogen and oxygen atoms in total. The highest BCUT2D eigenvalue weighted by atomic mass is 32.1. The quantitative estimate of drug-likeness (QED) is 0.891. The van der Waals surface area contributed by atoms with Gasteiger partial charge in [0.2, 0.25) is 0 Å². The Morgan fingerprint density at radius 1 is 1.24 bits per heavy atom. The maximum absolute atomic E-state index is 12.8. The van der Waals surface area contributed by atoms with Crippen LogP contribution >= 0.6 is 11.3 Å². The van der Waals surface area contributed by atoms with Crippen molar-refractivity contribution in [3.63, 3.8) is 0 Å². The molecule has 0 bridgehead atoms. The number of benzene rings is 1. The van der Waals surface area contributed by atoms with E-state index in [1.54, 1.807) is 12.1 Å². The molecule has 2 aromatic rings. The minimum absolute atomic E-state index is 0.303. The minimum atomic E-state index is -4.29. The van der Waals surface area contributed by atoms with Gasteiger partial charge < -0.3 is 5.73 Å². The van der Waals surface area contributed by atoms with Gasteiger partial charge in [0.25, 0.3) is 0 Å². The first-order valence-corrected chi connectivity index (χ1v) is 6.12. The van der Waals surface area contributed by atoms with Crippen molar-refractivity contribution >= 4 is 21.4 Å². The Labute approximate surface area is 101 Å². The van der Waals surface area contributed by atoms with Gasteiger partial charge in [-0.05, 0) is 37.6 Å². The van der Waals surface area contributed by atoms with Crippen LogP contribution < -0.4 is 5.73 Å². The minimum Gasteiger partial charge on any atom is -0.330 e. The van der Waals surface area contributed by atoms with E-state index in [9.17, 15) is 13.2 Å².